The molecule has 0 saturated heterocycles. The van der Waals surface area contributed by atoms with Crippen molar-refractivity contribution in [2.45, 2.75) is 13.5 Å². The maximum Gasteiger partial charge on any atom is 0.289 e. The zero-order valence-corrected chi connectivity index (χ0v) is 15.2. The SMILES string of the molecule is CCNCc1ccccc1NC(=O)CN(C)C(=O)c1ccc(Br)o1. The minimum Gasteiger partial charge on any atom is -0.444 e. The lowest BCUT2D eigenvalue weighted by molar-refractivity contribution is -0.116. The van der Waals surface area contributed by atoms with E-state index in [0.29, 0.717) is 11.2 Å². The molecule has 2 rings (SSSR count). The summed E-state index contributed by atoms with van der Waals surface area (Å²) in [5, 5.41) is 6.08. The number of carbonyl (C=O) groups excluding carboxylic acids is 2. The molecule has 6 nitrogen and oxygen atoms in total. The first kappa shape index (κ1) is 18.2. The number of nitrogens with one attached hydrogen (secondary N) is 2. The van der Waals surface area contributed by atoms with Crippen LogP contribution >= 0.6 is 15.9 Å². The normalized spacial score (nSPS) is 10.5. The average molecular weight is 394 g/mol. The smallest absolute Gasteiger partial charge is 0.289 e. The molecule has 0 spiro atoms. The molecule has 0 radical (unpaired) electrons. The number of hydrogen-bond acceptors (Lipinski definition) is 4. The van der Waals surface area contributed by atoms with Crippen molar-refractivity contribution in [2.24, 2.45) is 0 Å². The van der Waals surface area contributed by atoms with Gasteiger partial charge in [-0.2, -0.15) is 0 Å². The minimum atomic E-state index is -0.350. The Labute approximate surface area is 149 Å². The van der Waals surface area contributed by atoms with Crippen LogP contribution in [0.5, 0.6) is 0 Å². The molecule has 0 fully saturated rings. The Balaban J connectivity index is 1.96. The van der Waals surface area contributed by atoms with E-state index in [4.69, 9.17) is 4.42 Å². The Morgan fingerprint density at radius 1 is 1.21 bits per heavy atom. The van der Waals surface area contributed by atoms with Gasteiger partial charge in [-0.3, -0.25) is 9.59 Å². The van der Waals surface area contributed by atoms with Gasteiger partial charge in [-0.25, -0.2) is 0 Å². The molecule has 0 aliphatic rings. The van der Waals surface area contributed by atoms with Gasteiger partial charge in [-0.15, -0.1) is 0 Å². The molecule has 0 bridgehead atoms. The van der Waals surface area contributed by atoms with Gasteiger partial charge in [0, 0.05) is 19.3 Å². The Morgan fingerprint density at radius 3 is 2.62 bits per heavy atom. The van der Waals surface area contributed by atoms with E-state index in [0.717, 1.165) is 17.8 Å². The average Bonchev–Trinajstić information content (AvgIpc) is 2.99. The molecule has 1 aromatic heterocycles. The van der Waals surface area contributed by atoms with Crippen molar-refractivity contribution in [1.82, 2.24) is 10.2 Å². The lowest BCUT2D eigenvalue weighted by atomic mass is 10.1. The second-order valence-electron chi connectivity index (χ2n) is 5.25. The van der Waals surface area contributed by atoms with Crippen LogP contribution in [0.15, 0.2) is 45.5 Å². The summed E-state index contributed by atoms with van der Waals surface area (Å²) in [4.78, 5) is 25.7. The fourth-order valence-corrected chi connectivity index (χ4v) is 2.46. The standard InChI is InChI=1S/C17H20BrN3O3/c1-3-19-10-12-6-4-5-7-13(12)20-16(22)11-21(2)17(23)14-8-9-15(18)24-14/h4-9,19H,3,10-11H2,1-2H3,(H,20,22). The van der Waals surface area contributed by atoms with Gasteiger partial charge < -0.3 is 20.0 Å². The topological polar surface area (TPSA) is 74.6 Å². The monoisotopic (exact) mass is 393 g/mol. The van der Waals surface area contributed by atoms with E-state index < -0.39 is 0 Å². The van der Waals surface area contributed by atoms with Crippen LogP contribution in [0.25, 0.3) is 0 Å². The molecule has 1 aromatic carbocycles. The molecule has 24 heavy (non-hydrogen) atoms. The lowest BCUT2D eigenvalue weighted by Gasteiger charge is -2.16. The Bertz CT molecular complexity index is 715. The minimum absolute atomic E-state index is 0.0628. The number of halogens is 1. The highest BCUT2D eigenvalue weighted by molar-refractivity contribution is 9.10. The molecular weight excluding hydrogens is 374 g/mol. The Kier molecular flexibility index (Phi) is 6.57. The summed E-state index contributed by atoms with van der Waals surface area (Å²) in [6.07, 6.45) is 0. The van der Waals surface area contributed by atoms with Crippen molar-refractivity contribution >= 4 is 33.4 Å². The largest absolute Gasteiger partial charge is 0.444 e. The molecule has 7 heteroatoms. The van der Waals surface area contributed by atoms with Crippen LogP contribution < -0.4 is 10.6 Å². The highest BCUT2D eigenvalue weighted by atomic mass is 79.9. The van der Waals surface area contributed by atoms with Gasteiger partial charge >= 0.3 is 0 Å². The van der Waals surface area contributed by atoms with Crippen molar-refractivity contribution in [1.29, 1.82) is 0 Å². The third kappa shape index (κ3) is 4.94. The maximum atomic E-state index is 12.2. The lowest BCUT2D eigenvalue weighted by Crippen LogP contribution is -2.35. The van der Waals surface area contributed by atoms with Gasteiger partial charge in [0.15, 0.2) is 10.4 Å². The van der Waals surface area contributed by atoms with Crippen molar-refractivity contribution in [3.8, 4) is 0 Å². The third-order valence-corrected chi connectivity index (χ3v) is 3.79. The molecule has 0 aliphatic carbocycles. The molecular formula is C17H20BrN3O3. The number of anilines is 1. The fourth-order valence-electron chi connectivity index (χ4n) is 2.15. The number of benzene rings is 1. The number of rotatable bonds is 7. The second-order valence-corrected chi connectivity index (χ2v) is 6.03. The summed E-state index contributed by atoms with van der Waals surface area (Å²) in [5.74, 6) is -0.429. The van der Waals surface area contributed by atoms with E-state index in [1.807, 2.05) is 31.2 Å². The zero-order chi connectivity index (χ0) is 17.5. The molecule has 0 saturated carbocycles. The highest BCUT2D eigenvalue weighted by Crippen LogP contribution is 2.16. The van der Waals surface area contributed by atoms with Gasteiger partial charge in [0.2, 0.25) is 5.91 Å². The van der Waals surface area contributed by atoms with E-state index in [9.17, 15) is 9.59 Å². The van der Waals surface area contributed by atoms with Crippen LogP contribution in [0.2, 0.25) is 0 Å². The van der Waals surface area contributed by atoms with Gasteiger partial charge in [0.25, 0.3) is 5.91 Å². The molecule has 1 heterocycles. The summed E-state index contributed by atoms with van der Waals surface area (Å²) in [5.41, 5.74) is 1.74. The molecule has 2 amide bonds. The highest BCUT2D eigenvalue weighted by Gasteiger charge is 2.18. The summed E-state index contributed by atoms with van der Waals surface area (Å²) in [6, 6.07) is 10.8. The van der Waals surface area contributed by atoms with Gasteiger partial charge in [0.1, 0.15) is 0 Å². The molecule has 0 atom stereocenters. The van der Waals surface area contributed by atoms with E-state index in [-0.39, 0.29) is 24.1 Å². The quantitative estimate of drug-likeness (QED) is 0.758. The van der Waals surface area contributed by atoms with Gasteiger partial charge in [-0.1, -0.05) is 25.1 Å². The van der Waals surface area contributed by atoms with Crippen molar-refractivity contribution < 1.29 is 14.0 Å². The zero-order valence-electron chi connectivity index (χ0n) is 13.6. The summed E-state index contributed by atoms with van der Waals surface area (Å²) < 4.78 is 5.69. The molecule has 2 N–H and O–H groups in total. The molecule has 128 valence electrons. The Morgan fingerprint density at radius 2 is 1.96 bits per heavy atom. The van der Waals surface area contributed by atoms with Crippen LogP contribution in [0, 0.1) is 0 Å². The van der Waals surface area contributed by atoms with Crippen LogP contribution in [0.1, 0.15) is 23.0 Å². The van der Waals surface area contributed by atoms with Crippen molar-refractivity contribution in [3.63, 3.8) is 0 Å². The van der Waals surface area contributed by atoms with Gasteiger partial charge in [0.05, 0.1) is 6.54 Å². The molecule has 0 aliphatic heterocycles. The predicted octanol–water partition coefficient (Wildman–Crippen LogP) is 2.86. The van der Waals surface area contributed by atoms with Crippen LogP contribution in [0.3, 0.4) is 0 Å². The number of hydrogen-bond donors (Lipinski definition) is 2. The van der Waals surface area contributed by atoms with Crippen LogP contribution in [-0.4, -0.2) is 36.9 Å². The number of furan rings is 1. The number of para-hydroxylation sites is 1. The Hall–Kier alpha value is -2.12. The third-order valence-electron chi connectivity index (χ3n) is 3.37. The van der Waals surface area contributed by atoms with Crippen molar-refractivity contribution in [2.75, 3.05) is 25.5 Å². The van der Waals surface area contributed by atoms with E-state index in [2.05, 4.69) is 26.6 Å². The van der Waals surface area contributed by atoms with Gasteiger partial charge in [-0.05, 0) is 46.2 Å². The first-order chi connectivity index (χ1) is 11.5. The second kappa shape index (κ2) is 8.65. The molecule has 0 unspecified atom stereocenters. The first-order valence-electron chi connectivity index (χ1n) is 7.60. The number of amides is 2. The number of nitrogens with zero attached hydrogens (tertiary/aromatic N) is 1. The van der Waals surface area contributed by atoms with E-state index in [1.54, 1.807) is 19.2 Å². The number of likely N-dealkylation sites (N-methyl/N-ethyl adjacent to an activating group) is 1. The fraction of sp³-hybridized carbons (Fsp3) is 0.294. The van der Waals surface area contributed by atoms with E-state index in [1.165, 1.54) is 4.90 Å². The van der Waals surface area contributed by atoms with Crippen molar-refractivity contribution in [3.05, 3.63) is 52.4 Å². The summed E-state index contributed by atoms with van der Waals surface area (Å²) in [6.45, 7) is 3.47. The molecule has 2 aromatic rings. The first-order valence-corrected chi connectivity index (χ1v) is 8.39. The predicted molar refractivity (Wildman–Crippen MR) is 95.8 cm³/mol. The maximum absolute atomic E-state index is 12.2. The van der Waals surface area contributed by atoms with E-state index >= 15 is 0 Å². The summed E-state index contributed by atoms with van der Waals surface area (Å²) in [7, 11) is 1.56. The van der Waals surface area contributed by atoms with Crippen LogP contribution in [-0.2, 0) is 11.3 Å². The summed E-state index contributed by atoms with van der Waals surface area (Å²) >= 11 is 3.15. The number of carbonyl (C=O) groups is 2. The van der Waals surface area contributed by atoms with Crippen LogP contribution in [0.4, 0.5) is 5.69 Å².